The van der Waals surface area contributed by atoms with Gasteiger partial charge in [0.1, 0.15) is 0 Å². The Balaban J connectivity index is 1.50. The van der Waals surface area contributed by atoms with Crippen LogP contribution < -0.4 is 4.31 Å². The van der Waals surface area contributed by atoms with Crippen LogP contribution in [0.15, 0.2) is 48.5 Å². The Morgan fingerprint density at radius 2 is 1.69 bits per heavy atom. The molecule has 2 saturated heterocycles. The van der Waals surface area contributed by atoms with E-state index in [1.54, 1.807) is 18.7 Å². The summed E-state index contributed by atoms with van der Waals surface area (Å²) in [6.45, 7) is 6.56. The minimum absolute atomic E-state index is 0.149. The molecule has 2 aromatic carbocycles. The number of hydrogen-bond donors (Lipinski definition) is 0. The number of hydrogen-bond acceptors (Lipinski definition) is 5. The maximum Gasteiger partial charge on any atom is 0.255 e. The first-order chi connectivity index (χ1) is 15.1. The van der Waals surface area contributed by atoms with E-state index in [0.29, 0.717) is 13.1 Å². The molecule has 0 atom stereocenters. The van der Waals surface area contributed by atoms with Gasteiger partial charge in [-0.05, 0) is 37.6 Å². The van der Waals surface area contributed by atoms with Crippen LogP contribution in [0.2, 0.25) is 5.02 Å². The van der Waals surface area contributed by atoms with Gasteiger partial charge in [-0.15, -0.1) is 0 Å². The van der Waals surface area contributed by atoms with Crippen molar-refractivity contribution in [2.24, 2.45) is 5.41 Å². The third-order valence-electron chi connectivity index (χ3n) is 5.91. The number of carbonyl (C=O) groups excluding carboxylic acids is 2. The van der Waals surface area contributed by atoms with E-state index < -0.39 is 21.3 Å². The van der Waals surface area contributed by atoms with Crippen LogP contribution in [-0.4, -0.2) is 62.0 Å². The molecule has 2 amide bonds. The topological polar surface area (TPSA) is 78.0 Å². The summed E-state index contributed by atoms with van der Waals surface area (Å²) in [5, 5.41) is 0.230. The van der Waals surface area contributed by atoms with E-state index in [-0.39, 0.29) is 27.9 Å². The highest BCUT2D eigenvalue weighted by atomic mass is 35.5. The van der Waals surface area contributed by atoms with Crippen molar-refractivity contribution in [1.29, 1.82) is 0 Å². The van der Waals surface area contributed by atoms with Crippen LogP contribution in [0.1, 0.15) is 29.8 Å². The van der Waals surface area contributed by atoms with Crippen LogP contribution in [0, 0.1) is 5.41 Å². The molecule has 2 aliphatic heterocycles. The Kier molecular flexibility index (Phi) is 6.04. The highest BCUT2D eigenvalue weighted by Crippen LogP contribution is 2.37. The summed E-state index contributed by atoms with van der Waals surface area (Å²) < 4.78 is 26.0. The lowest BCUT2D eigenvalue weighted by Gasteiger charge is -2.35. The number of anilines is 1. The quantitative estimate of drug-likeness (QED) is 0.679. The molecule has 7 nitrogen and oxygen atoms in total. The van der Waals surface area contributed by atoms with Crippen molar-refractivity contribution in [2.45, 2.75) is 20.4 Å². The lowest BCUT2D eigenvalue weighted by Crippen LogP contribution is -2.48. The minimum atomic E-state index is -3.81. The van der Waals surface area contributed by atoms with Crippen molar-refractivity contribution in [1.82, 2.24) is 9.80 Å². The van der Waals surface area contributed by atoms with Crippen molar-refractivity contribution in [3.63, 3.8) is 0 Å². The Morgan fingerprint density at radius 1 is 1.03 bits per heavy atom. The third-order valence-corrected chi connectivity index (χ3v) is 8.26. The average molecular weight is 476 g/mol. The molecule has 2 fully saturated rings. The standard InChI is InChI=1S/C23H26ClN3O4S/c1-23(2)16-32(30,31)27(22(23)29)18-8-9-20(24)19(14-18)21(28)26-12-10-25(11-13-26)15-17-6-4-3-5-7-17/h3-9,14H,10-13,15-16H2,1-2H3. The SMILES string of the molecule is CC1(C)CS(=O)(=O)N(c2ccc(Cl)c(C(=O)N3CCN(Cc4ccccc4)CC3)c2)C1=O. The summed E-state index contributed by atoms with van der Waals surface area (Å²) in [6.07, 6.45) is 0. The molecule has 170 valence electrons. The predicted octanol–water partition coefficient (Wildman–Crippen LogP) is 3.00. The van der Waals surface area contributed by atoms with Crippen LogP contribution in [-0.2, 0) is 21.4 Å². The van der Waals surface area contributed by atoms with Crippen molar-refractivity contribution in [2.75, 3.05) is 36.2 Å². The van der Waals surface area contributed by atoms with E-state index >= 15 is 0 Å². The van der Waals surface area contributed by atoms with Crippen molar-refractivity contribution >= 4 is 39.1 Å². The monoisotopic (exact) mass is 475 g/mol. The predicted molar refractivity (Wildman–Crippen MR) is 124 cm³/mol. The van der Waals surface area contributed by atoms with E-state index in [9.17, 15) is 18.0 Å². The van der Waals surface area contributed by atoms with Gasteiger partial charge >= 0.3 is 0 Å². The first-order valence-corrected chi connectivity index (χ1v) is 12.5. The molecule has 2 aromatic rings. The van der Waals surface area contributed by atoms with E-state index in [2.05, 4.69) is 17.0 Å². The van der Waals surface area contributed by atoms with Gasteiger partial charge in [-0.3, -0.25) is 14.5 Å². The van der Waals surface area contributed by atoms with Crippen molar-refractivity contribution < 1.29 is 18.0 Å². The second kappa shape index (κ2) is 8.50. The molecule has 9 heteroatoms. The number of halogens is 1. The molecule has 0 aromatic heterocycles. The van der Waals surface area contributed by atoms with Gasteiger partial charge in [-0.1, -0.05) is 41.9 Å². The van der Waals surface area contributed by atoms with E-state index in [1.165, 1.54) is 23.8 Å². The van der Waals surface area contributed by atoms with Crippen LogP contribution in [0.5, 0.6) is 0 Å². The Labute approximate surface area is 193 Å². The first-order valence-electron chi connectivity index (χ1n) is 10.5. The lowest BCUT2D eigenvalue weighted by molar-refractivity contribution is -0.123. The van der Waals surface area contributed by atoms with Crippen molar-refractivity contribution in [3.8, 4) is 0 Å². The van der Waals surface area contributed by atoms with Gasteiger partial charge in [0.15, 0.2) is 0 Å². The zero-order valence-corrected chi connectivity index (χ0v) is 19.7. The van der Waals surface area contributed by atoms with Crippen LogP contribution >= 0.6 is 11.6 Å². The van der Waals surface area contributed by atoms with Gasteiger partial charge < -0.3 is 4.90 Å². The van der Waals surface area contributed by atoms with E-state index in [0.717, 1.165) is 23.9 Å². The number of piperazine rings is 1. The molecule has 0 unspecified atom stereocenters. The first kappa shape index (κ1) is 22.8. The second-order valence-electron chi connectivity index (χ2n) is 8.93. The van der Waals surface area contributed by atoms with Gasteiger partial charge in [0.05, 0.1) is 27.4 Å². The highest BCUT2D eigenvalue weighted by molar-refractivity contribution is 7.94. The fourth-order valence-electron chi connectivity index (χ4n) is 4.19. The second-order valence-corrected chi connectivity index (χ2v) is 11.2. The summed E-state index contributed by atoms with van der Waals surface area (Å²) >= 11 is 6.31. The lowest BCUT2D eigenvalue weighted by atomic mass is 9.95. The van der Waals surface area contributed by atoms with Gasteiger partial charge in [0.25, 0.3) is 5.91 Å². The summed E-state index contributed by atoms with van der Waals surface area (Å²) in [5.74, 6) is -1.04. The number of nitrogens with zero attached hydrogens (tertiary/aromatic N) is 3. The molecule has 2 aliphatic rings. The zero-order valence-electron chi connectivity index (χ0n) is 18.1. The molecule has 0 N–H and O–H groups in total. The molecule has 0 saturated carbocycles. The fourth-order valence-corrected chi connectivity index (χ4v) is 6.48. The molecular weight excluding hydrogens is 450 g/mol. The largest absolute Gasteiger partial charge is 0.336 e. The fraction of sp³-hybridized carbons (Fsp3) is 0.391. The summed E-state index contributed by atoms with van der Waals surface area (Å²) in [6, 6.07) is 14.5. The molecule has 0 spiro atoms. The zero-order chi connectivity index (χ0) is 23.1. The van der Waals surface area contributed by atoms with E-state index in [1.807, 2.05) is 18.2 Å². The van der Waals surface area contributed by atoms with Gasteiger partial charge in [0.2, 0.25) is 15.9 Å². The summed E-state index contributed by atoms with van der Waals surface area (Å²) in [5.41, 5.74) is 0.560. The summed E-state index contributed by atoms with van der Waals surface area (Å²) in [4.78, 5) is 29.9. The van der Waals surface area contributed by atoms with Gasteiger partial charge in [0, 0.05) is 32.7 Å². The van der Waals surface area contributed by atoms with Crippen LogP contribution in [0.3, 0.4) is 0 Å². The molecule has 2 heterocycles. The number of benzene rings is 2. The number of carbonyl (C=O) groups is 2. The molecule has 32 heavy (non-hydrogen) atoms. The smallest absolute Gasteiger partial charge is 0.255 e. The Morgan fingerprint density at radius 3 is 2.28 bits per heavy atom. The Hall–Kier alpha value is -2.42. The average Bonchev–Trinajstić information content (AvgIpc) is 2.91. The maximum atomic E-state index is 13.2. The van der Waals surface area contributed by atoms with Crippen LogP contribution in [0.4, 0.5) is 5.69 Å². The molecular formula is C23H26ClN3O4S. The number of amides is 2. The van der Waals surface area contributed by atoms with Crippen LogP contribution in [0.25, 0.3) is 0 Å². The molecule has 0 bridgehead atoms. The van der Waals surface area contributed by atoms with Crippen molar-refractivity contribution in [3.05, 3.63) is 64.7 Å². The minimum Gasteiger partial charge on any atom is -0.336 e. The van der Waals surface area contributed by atoms with Gasteiger partial charge in [-0.25, -0.2) is 12.7 Å². The Bertz CT molecular complexity index is 1140. The van der Waals surface area contributed by atoms with Gasteiger partial charge in [-0.2, -0.15) is 0 Å². The highest BCUT2D eigenvalue weighted by Gasteiger charge is 2.50. The molecule has 0 radical (unpaired) electrons. The van der Waals surface area contributed by atoms with E-state index in [4.69, 9.17) is 11.6 Å². The number of rotatable bonds is 4. The molecule has 0 aliphatic carbocycles. The molecule has 4 rings (SSSR count). The number of sulfonamides is 1. The summed E-state index contributed by atoms with van der Waals surface area (Å²) in [7, 11) is -3.81. The maximum absolute atomic E-state index is 13.2. The normalized spacial score (nSPS) is 20.5. The third kappa shape index (κ3) is 4.40.